The molecule has 1 fully saturated rings. The molecule has 0 radical (unpaired) electrons. The lowest BCUT2D eigenvalue weighted by molar-refractivity contribution is 0.169. The zero-order valence-corrected chi connectivity index (χ0v) is 9.30. The fraction of sp³-hybridized carbons (Fsp3) is 1.00. The van der Waals surface area contributed by atoms with Crippen LogP contribution in [0.25, 0.3) is 0 Å². The van der Waals surface area contributed by atoms with Gasteiger partial charge in [0.15, 0.2) is 0 Å². The lowest BCUT2D eigenvalue weighted by Crippen LogP contribution is -2.42. The molecule has 78 valence electrons. The van der Waals surface area contributed by atoms with Crippen LogP contribution in [-0.2, 0) is 4.74 Å². The van der Waals surface area contributed by atoms with Gasteiger partial charge in [-0.05, 0) is 19.4 Å². The number of methoxy groups -OCH3 is 1. The van der Waals surface area contributed by atoms with Gasteiger partial charge in [0.2, 0.25) is 0 Å². The van der Waals surface area contributed by atoms with Crippen LogP contribution in [0, 0.1) is 0 Å². The van der Waals surface area contributed by atoms with E-state index in [2.05, 4.69) is 22.0 Å². The third-order valence-corrected chi connectivity index (χ3v) is 2.82. The van der Waals surface area contributed by atoms with Crippen LogP contribution in [0.2, 0.25) is 0 Å². The van der Waals surface area contributed by atoms with Gasteiger partial charge in [0.05, 0.1) is 0 Å². The molecular weight excluding hydrogens is 184 g/mol. The number of ether oxygens (including phenoxy) is 1. The molecule has 0 atom stereocenters. The smallest absolute Gasteiger partial charge is 0.0462 e. The van der Waals surface area contributed by atoms with E-state index in [1.54, 1.807) is 7.11 Å². The van der Waals surface area contributed by atoms with Gasteiger partial charge in [0.1, 0.15) is 0 Å². The minimum atomic E-state index is 0.895. The minimum absolute atomic E-state index is 0.895. The molecule has 0 unspecified atom stereocenters. The molecule has 3 nitrogen and oxygen atoms in total. The van der Waals surface area contributed by atoms with E-state index in [1.165, 1.54) is 19.4 Å². The van der Waals surface area contributed by atoms with Crippen molar-refractivity contribution in [1.29, 1.82) is 0 Å². The zero-order chi connectivity index (χ0) is 9.52. The number of hydrogen-bond acceptors (Lipinski definition) is 4. The summed E-state index contributed by atoms with van der Waals surface area (Å²) in [6, 6.07) is 0. The van der Waals surface area contributed by atoms with Crippen LogP contribution in [0.15, 0.2) is 0 Å². The number of thiol groups is 1. The SMILES string of the molecule is COCCCCN1CCN(S)CC1. The van der Waals surface area contributed by atoms with Crippen molar-refractivity contribution in [3.8, 4) is 0 Å². The van der Waals surface area contributed by atoms with Gasteiger partial charge < -0.3 is 9.64 Å². The van der Waals surface area contributed by atoms with Gasteiger partial charge in [-0.3, -0.25) is 4.31 Å². The molecule has 0 aromatic heterocycles. The van der Waals surface area contributed by atoms with E-state index in [0.29, 0.717) is 0 Å². The highest BCUT2D eigenvalue weighted by atomic mass is 32.1. The summed E-state index contributed by atoms with van der Waals surface area (Å²) in [7, 11) is 1.76. The summed E-state index contributed by atoms with van der Waals surface area (Å²) in [5.74, 6) is 0. The maximum absolute atomic E-state index is 5.01. The van der Waals surface area contributed by atoms with Crippen molar-refractivity contribution in [3.05, 3.63) is 0 Å². The molecule has 0 saturated carbocycles. The van der Waals surface area contributed by atoms with Crippen molar-refractivity contribution in [1.82, 2.24) is 9.21 Å². The molecule has 1 aliphatic rings. The first-order chi connectivity index (χ1) is 6.33. The molecule has 13 heavy (non-hydrogen) atoms. The molecule has 4 heteroatoms. The summed E-state index contributed by atoms with van der Waals surface area (Å²) in [4.78, 5) is 2.50. The van der Waals surface area contributed by atoms with Crippen LogP contribution in [0.5, 0.6) is 0 Å². The Hall–Kier alpha value is 0.230. The lowest BCUT2D eigenvalue weighted by atomic mass is 10.3. The summed E-state index contributed by atoms with van der Waals surface area (Å²) in [6.07, 6.45) is 2.43. The number of unbranched alkanes of at least 4 members (excludes halogenated alkanes) is 1. The Morgan fingerprint density at radius 2 is 1.85 bits per heavy atom. The average molecular weight is 204 g/mol. The Labute approximate surface area is 86.6 Å². The van der Waals surface area contributed by atoms with Crippen LogP contribution in [0.3, 0.4) is 0 Å². The summed E-state index contributed by atoms with van der Waals surface area (Å²) in [6.45, 7) is 6.62. The lowest BCUT2D eigenvalue weighted by Gasteiger charge is -2.31. The summed E-state index contributed by atoms with van der Waals surface area (Å²) in [5, 5.41) is 0. The Morgan fingerprint density at radius 3 is 2.46 bits per heavy atom. The van der Waals surface area contributed by atoms with E-state index in [4.69, 9.17) is 4.74 Å². The van der Waals surface area contributed by atoms with Gasteiger partial charge in [-0.25, -0.2) is 0 Å². The first kappa shape index (κ1) is 11.3. The minimum Gasteiger partial charge on any atom is -0.385 e. The standard InChI is InChI=1S/C9H20N2OS/c1-12-9-3-2-4-10-5-7-11(13)8-6-10/h13H,2-9H2,1H3. The van der Waals surface area contributed by atoms with Crippen molar-refractivity contribution in [2.75, 3.05) is 46.4 Å². The Bertz CT molecular complexity index is 127. The van der Waals surface area contributed by atoms with Gasteiger partial charge in [-0.1, -0.05) is 12.8 Å². The summed E-state index contributed by atoms with van der Waals surface area (Å²) in [5.41, 5.74) is 0. The number of piperazine rings is 1. The highest BCUT2D eigenvalue weighted by Gasteiger charge is 2.12. The van der Waals surface area contributed by atoms with Crippen LogP contribution in [0.1, 0.15) is 12.8 Å². The molecule has 0 N–H and O–H groups in total. The fourth-order valence-electron chi connectivity index (χ4n) is 1.54. The van der Waals surface area contributed by atoms with Crippen molar-refractivity contribution in [2.45, 2.75) is 12.8 Å². The maximum Gasteiger partial charge on any atom is 0.0462 e. The number of nitrogens with zero attached hydrogens (tertiary/aromatic N) is 2. The van der Waals surface area contributed by atoms with Crippen LogP contribution in [-0.4, -0.2) is 55.6 Å². The summed E-state index contributed by atoms with van der Waals surface area (Å²) < 4.78 is 7.10. The van der Waals surface area contributed by atoms with Crippen molar-refractivity contribution < 1.29 is 4.74 Å². The Kier molecular flexibility index (Phi) is 5.78. The summed E-state index contributed by atoms with van der Waals surface area (Å²) >= 11 is 4.31. The fourth-order valence-corrected chi connectivity index (χ4v) is 1.72. The third-order valence-electron chi connectivity index (χ3n) is 2.42. The van der Waals surface area contributed by atoms with Gasteiger partial charge >= 0.3 is 0 Å². The molecule has 1 aliphatic heterocycles. The molecule has 1 heterocycles. The van der Waals surface area contributed by atoms with Gasteiger partial charge in [0.25, 0.3) is 0 Å². The molecule has 1 saturated heterocycles. The van der Waals surface area contributed by atoms with Crippen LogP contribution >= 0.6 is 12.8 Å². The van der Waals surface area contributed by atoms with Gasteiger partial charge in [0, 0.05) is 39.9 Å². The quantitative estimate of drug-likeness (QED) is 0.529. The number of hydrogen-bond donors (Lipinski definition) is 1. The third kappa shape index (κ3) is 4.86. The van der Waals surface area contributed by atoms with E-state index in [1.807, 2.05) is 0 Å². The highest BCUT2D eigenvalue weighted by molar-refractivity contribution is 7.77. The first-order valence-corrected chi connectivity index (χ1v) is 5.38. The largest absolute Gasteiger partial charge is 0.385 e. The predicted molar refractivity (Wildman–Crippen MR) is 58.1 cm³/mol. The molecular formula is C9H20N2OS. The monoisotopic (exact) mass is 204 g/mol. The van der Waals surface area contributed by atoms with Crippen molar-refractivity contribution in [2.24, 2.45) is 0 Å². The van der Waals surface area contributed by atoms with E-state index >= 15 is 0 Å². The highest BCUT2D eigenvalue weighted by Crippen LogP contribution is 2.04. The van der Waals surface area contributed by atoms with E-state index < -0.39 is 0 Å². The molecule has 0 aliphatic carbocycles. The van der Waals surface area contributed by atoms with E-state index in [9.17, 15) is 0 Å². The molecule has 0 aromatic carbocycles. The van der Waals surface area contributed by atoms with E-state index in [0.717, 1.165) is 32.8 Å². The van der Waals surface area contributed by atoms with Gasteiger partial charge in [-0.2, -0.15) is 0 Å². The molecule has 0 bridgehead atoms. The van der Waals surface area contributed by atoms with Crippen LogP contribution in [0.4, 0.5) is 0 Å². The Morgan fingerprint density at radius 1 is 1.15 bits per heavy atom. The van der Waals surface area contributed by atoms with E-state index in [-0.39, 0.29) is 0 Å². The topological polar surface area (TPSA) is 15.7 Å². The number of rotatable bonds is 5. The Balaban J connectivity index is 1.96. The van der Waals surface area contributed by atoms with Crippen molar-refractivity contribution >= 4 is 12.8 Å². The van der Waals surface area contributed by atoms with Crippen LogP contribution < -0.4 is 0 Å². The van der Waals surface area contributed by atoms with Crippen molar-refractivity contribution in [3.63, 3.8) is 0 Å². The normalized spacial score (nSPS) is 20.8. The second-order valence-electron chi connectivity index (χ2n) is 3.50. The maximum atomic E-state index is 5.01. The van der Waals surface area contributed by atoms with Gasteiger partial charge in [-0.15, -0.1) is 0 Å². The zero-order valence-electron chi connectivity index (χ0n) is 8.41. The second kappa shape index (κ2) is 6.65. The molecule has 0 amide bonds. The predicted octanol–water partition coefficient (Wildman–Crippen LogP) is 0.875. The molecule has 1 rings (SSSR count). The first-order valence-electron chi connectivity index (χ1n) is 4.98. The molecule has 0 aromatic rings. The average Bonchev–Trinajstić information content (AvgIpc) is 2.15. The second-order valence-corrected chi connectivity index (χ2v) is 4.06. The molecule has 0 spiro atoms.